The van der Waals surface area contributed by atoms with Gasteiger partial charge in [-0.15, -0.1) is 0 Å². The van der Waals surface area contributed by atoms with Crippen molar-refractivity contribution < 1.29 is 28.5 Å². The zero-order valence-corrected chi connectivity index (χ0v) is 9.12. The van der Waals surface area contributed by atoms with Crippen LogP contribution >= 0.6 is 0 Å². The van der Waals surface area contributed by atoms with Gasteiger partial charge in [0.25, 0.3) is 0 Å². The van der Waals surface area contributed by atoms with Crippen LogP contribution in [-0.2, 0) is 14.8 Å². The van der Waals surface area contributed by atoms with Crippen LogP contribution in [0.4, 0.5) is 0 Å². The molecular formula is C7H15NO6S. The van der Waals surface area contributed by atoms with Crippen LogP contribution in [0.3, 0.4) is 0 Å². The monoisotopic (exact) mass is 241 g/mol. The zero-order chi connectivity index (χ0) is 12.1. The van der Waals surface area contributed by atoms with Gasteiger partial charge in [0.15, 0.2) is 0 Å². The van der Waals surface area contributed by atoms with E-state index in [4.69, 9.17) is 15.3 Å². The molecule has 0 atom stereocenters. The second-order valence-corrected chi connectivity index (χ2v) is 5.28. The average molecular weight is 241 g/mol. The Hall–Kier alpha value is -0.700. The molecule has 4 N–H and O–H groups in total. The van der Waals surface area contributed by atoms with Crippen LogP contribution in [0.2, 0.25) is 0 Å². The molecule has 0 aliphatic carbocycles. The highest BCUT2D eigenvalue weighted by atomic mass is 32.2. The Balaban J connectivity index is 4.43. The minimum Gasteiger partial charge on any atom is -0.481 e. The van der Waals surface area contributed by atoms with E-state index < -0.39 is 46.9 Å². The largest absolute Gasteiger partial charge is 0.481 e. The van der Waals surface area contributed by atoms with Crippen LogP contribution in [-0.4, -0.2) is 54.2 Å². The third kappa shape index (κ3) is 5.67. The van der Waals surface area contributed by atoms with Crippen molar-refractivity contribution in [1.29, 1.82) is 0 Å². The lowest BCUT2D eigenvalue weighted by molar-refractivity contribution is -0.136. The summed E-state index contributed by atoms with van der Waals surface area (Å²) in [5, 5.41) is 25.9. The Morgan fingerprint density at radius 3 is 2.13 bits per heavy atom. The summed E-state index contributed by atoms with van der Waals surface area (Å²) in [5.74, 6) is -1.81. The van der Waals surface area contributed by atoms with E-state index in [0.29, 0.717) is 0 Å². The molecule has 0 amide bonds. The van der Waals surface area contributed by atoms with Crippen molar-refractivity contribution in [2.75, 3.05) is 19.0 Å². The van der Waals surface area contributed by atoms with Crippen LogP contribution in [0.15, 0.2) is 0 Å². The normalized spacial score (nSPS) is 12.7. The van der Waals surface area contributed by atoms with Crippen molar-refractivity contribution in [3.8, 4) is 0 Å². The number of carbonyl (C=O) groups is 1. The highest BCUT2D eigenvalue weighted by molar-refractivity contribution is 7.89. The zero-order valence-electron chi connectivity index (χ0n) is 8.30. The van der Waals surface area contributed by atoms with Crippen molar-refractivity contribution in [1.82, 2.24) is 4.72 Å². The lowest BCUT2D eigenvalue weighted by atomic mass is 10.1. The average Bonchev–Trinajstić information content (AvgIpc) is 2.14. The van der Waals surface area contributed by atoms with Crippen molar-refractivity contribution in [3.63, 3.8) is 0 Å². The molecule has 90 valence electrons. The molecule has 15 heavy (non-hydrogen) atoms. The van der Waals surface area contributed by atoms with E-state index >= 15 is 0 Å². The highest BCUT2D eigenvalue weighted by Gasteiger charge is 2.28. The van der Waals surface area contributed by atoms with Gasteiger partial charge in [0.1, 0.15) is 0 Å². The molecule has 0 spiro atoms. The summed E-state index contributed by atoms with van der Waals surface area (Å²) in [7, 11) is -3.81. The fourth-order valence-corrected chi connectivity index (χ4v) is 2.19. The molecule has 0 unspecified atom stereocenters. The number of aliphatic hydroxyl groups is 2. The maximum absolute atomic E-state index is 11.3. The van der Waals surface area contributed by atoms with Gasteiger partial charge in [-0.05, 0) is 6.92 Å². The smallest absolute Gasteiger partial charge is 0.304 e. The summed E-state index contributed by atoms with van der Waals surface area (Å²) >= 11 is 0. The van der Waals surface area contributed by atoms with Crippen molar-refractivity contribution in [2.45, 2.75) is 18.9 Å². The number of aliphatic hydroxyl groups excluding tert-OH is 2. The number of aliphatic carboxylic acids is 1. The van der Waals surface area contributed by atoms with Gasteiger partial charge < -0.3 is 15.3 Å². The molecule has 7 nitrogen and oxygen atoms in total. The maximum atomic E-state index is 11.3. The van der Waals surface area contributed by atoms with Crippen LogP contribution < -0.4 is 4.72 Å². The molecule has 0 rings (SSSR count). The van der Waals surface area contributed by atoms with E-state index in [0.717, 1.165) is 0 Å². The molecule has 0 aliphatic rings. The standard InChI is InChI=1S/C7H15NO6S/c1-7(4-9,5-10)8-15(13,14)3-2-6(11)12/h8-10H,2-5H2,1H3,(H,11,12). The molecular weight excluding hydrogens is 226 g/mol. The molecule has 0 aliphatic heterocycles. The van der Waals surface area contributed by atoms with Gasteiger partial charge in [-0.3, -0.25) is 4.79 Å². The first kappa shape index (κ1) is 14.3. The van der Waals surface area contributed by atoms with Crippen LogP contribution in [0.5, 0.6) is 0 Å². The summed E-state index contributed by atoms with van der Waals surface area (Å²) in [6, 6.07) is 0. The lowest BCUT2D eigenvalue weighted by Crippen LogP contribution is -2.52. The molecule has 0 fully saturated rings. The summed E-state index contributed by atoms with van der Waals surface area (Å²) < 4.78 is 24.6. The summed E-state index contributed by atoms with van der Waals surface area (Å²) in [6.45, 7) is 0.164. The van der Waals surface area contributed by atoms with E-state index in [1.165, 1.54) is 6.92 Å². The molecule has 0 radical (unpaired) electrons. The van der Waals surface area contributed by atoms with Gasteiger partial charge in [0, 0.05) is 0 Å². The predicted octanol–water partition coefficient (Wildman–Crippen LogP) is -1.88. The number of carboxylic acid groups (broad SMARTS) is 1. The third-order valence-corrected chi connectivity index (χ3v) is 3.23. The van der Waals surface area contributed by atoms with Crippen molar-refractivity contribution in [2.24, 2.45) is 0 Å². The number of hydrogen-bond acceptors (Lipinski definition) is 5. The second-order valence-electron chi connectivity index (χ2n) is 3.44. The fourth-order valence-electron chi connectivity index (χ4n) is 0.763. The van der Waals surface area contributed by atoms with Crippen molar-refractivity contribution >= 4 is 16.0 Å². The van der Waals surface area contributed by atoms with E-state index in [1.807, 2.05) is 4.72 Å². The Morgan fingerprint density at radius 2 is 1.80 bits per heavy atom. The van der Waals surface area contributed by atoms with E-state index in [-0.39, 0.29) is 0 Å². The lowest BCUT2D eigenvalue weighted by Gasteiger charge is -2.25. The minimum atomic E-state index is -3.81. The topological polar surface area (TPSA) is 124 Å². The van der Waals surface area contributed by atoms with Crippen LogP contribution in [0.25, 0.3) is 0 Å². The van der Waals surface area contributed by atoms with Gasteiger partial charge in [0.2, 0.25) is 10.0 Å². The first-order chi connectivity index (χ1) is 6.74. The summed E-state index contributed by atoms with van der Waals surface area (Å²) in [6.07, 6.45) is -0.526. The predicted molar refractivity (Wildman–Crippen MR) is 51.8 cm³/mol. The summed E-state index contributed by atoms with van der Waals surface area (Å²) in [4.78, 5) is 10.2. The number of hydrogen-bond donors (Lipinski definition) is 4. The minimum absolute atomic E-state index is 0.526. The van der Waals surface area contributed by atoms with Crippen molar-refractivity contribution in [3.05, 3.63) is 0 Å². The molecule has 0 aromatic rings. The third-order valence-electron chi connectivity index (χ3n) is 1.68. The molecule has 0 saturated carbocycles. The number of rotatable bonds is 7. The van der Waals surface area contributed by atoms with Crippen LogP contribution in [0.1, 0.15) is 13.3 Å². The fraction of sp³-hybridized carbons (Fsp3) is 0.857. The Kier molecular flexibility index (Phi) is 5.15. The van der Waals surface area contributed by atoms with Gasteiger partial charge in [-0.2, -0.15) is 0 Å². The summed E-state index contributed by atoms with van der Waals surface area (Å²) in [5.41, 5.74) is -1.36. The van der Waals surface area contributed by atoms with Gasteiger partial charge in [0.05, 0.1) is 30.9 Å². The molecule has 0 heterocycles. The second kappa shape index (κ2) is 5.40. The molecule has 0 aromatic carbocycles. The molecule has 8 heteroatoms. The number of sulfonamides is 1. The van der Waals surface area contributed by atoms with E-state index in [9.17, 15) is 13.2 Å². The van der Waals surface area contributed by atoms with Gasteiger partial charge in [-0.1, -0.05) is 0 Å². The Bertz CT molecular complexity index is 307. The van der Waals surface area contributed by atoms with E-state index in [2.05, 4.69) is 0 Å². The quantitative estimate of drug-likeness (QED) is 0.413. The first-order valence-corrected chi connectivity index (χ1v) is 5.85. The van der Waals surface area contributed by atoms with Gasteiger partial charge in [-0.25, -0.2) is 13.1 Å². The number of nitrogens with one attached hydrogen (secondary N) is 1. The Morgan fingerprint density at radius 1 is 1.33 bits per heavy atom. The SMILES string of the molecule is CC(CO)(CO)NS(=O)(=O)CCC(=O)O. The molecule has 0 saturated heterocycles. The number of carboxylic acids is 1. The molecule has 0 aromatic heterocycles. The highest BCUT2D eigenvalue weighted by Crippen LogP contribution is 2.04. The van der Waals surface area contributed by atoms with Gasteiger partial charge >= 0.3 is 5.97 Å². The molecule has 0 bridgehead atoms. The first-order valence-electron chi connectivity index (χ1n) is 4.20. The van der Waals surface area contributed by atoms with Crippen LogP contribution in [0, 0.1) is 0 Å². The van der Waals surface area contributed by atoms with E-state index in [1.54, 1.807) is 0 Å². The maximum Gasteiger partial charge on any atom is 0.304 e. The Labute approximate surface area is 87.8 Å².